The monoisotopic (exact) mass is 285 g/mol. The quantitative estimate of drug-likeness (QED) is 0.852. The van der Waals surface area contributed by atoms with Gasteiger partial charge in [-0.25, -0.2) is 4.98 Å². The number of nitrogens with zero attached hydrogens (tertiary/aromatic N) is 1. The maximum absolute atomic E-state index is 12.0. The normalized spacial score (nSPS) is 10.2. The zero-order chi connectivity index (χ0) is 15.1. The number of aromatic nitrogens is 1. The van der Waals surface area contributed by atoms with Crippen molar-refractivity contribution in [3.63, 3.8) is 0 Å². The van der Waals surface area contributed by atoms with Gasteiger partial charge in [-0.05, 0) is 24.1 Å². The van der Waals surface area contributed by atoms with Crippen LogP contribution >= 0.6 is 0 Å². The van der Waals surface area contributed by atoms with Crippen molar-refractivity contribution in [2.75, 3.05) is 11.9 Å². The Labute approximate surface area is 124 Å². The van der Waals surface area contributed by atoms with Crippen molar-refractivity contribution in [2.24, 2.45) is 5.73 Å². The second-order valence-electron chi connectivity index (χ2n) is 4.52. The lowest BCUT2D eigenvalue weighted by molar-refractivity contribution is -0.115. The van der Waals surface area contributed by atoms with Crippen molar-refractivity contribution < 1.29 is 9.53 Å². The molecule has 0 saturated carbocycles. The molecule has 5 heteroatoms. The number of hydrogen-bond donors (Lipinski definition) is 2. The fourth-order valence-electron chi connectivity index (χ4n) is 1.99. The Bertz CT molecular complexity index is 597. The standard InChI is InChI=1S/C16H19N3O2/c1-2-21-16-8-7-14(11-18-16)19-15(20)9-12-5-3-4-6-13(12)10-17/h3-8,11H,2,9-10,17H2,1H3,(H,19,20). The fraction of sp³-hybridized carbons (Fsp3) is 0.250. The summed E-state index contributed by atoms with van der Waals surface area (Å²) in [6.45, 7) is 2.88. The van der Waals surface area contributed by atoms with Gasteiger partial charge in [0.05, 0.1) is 24.9 Å². The summed E-state index contributed by atoms with van der Waals surface area (Å²) in [6.07, 6.45) is 1.87. The molecule has 0 atom stereocenters. The summed E-state index contributed by atoms with van der Waals surface area (Å²) in [5, 5.41) is 2.81. The number of ether oxygens (including phenoxy) is 1. The Morgan fingerprint density at radius 2 is 2.00 bits per heavy atom. The molecule has 1 heterocycles. The van der Waals surface area contributed by atoms with E-state index in [4.69, 9.17) is 10.5 Å². The van der Waals surface area contributed by atoms with E-state index in [-0.39, 0.29) is 5.91 Å². The van der Waals surface area contributed by atoms with Gasteiger partial charge in [-0.2, -0.15) is 0 Å². The maximum Gasteiger partial charge on any atom is 0.228 e. The average molecular weight is 285 g/mol. The first-order valence-electron chi connectivity index (χ1n) is 6.88. The van der Waals surface area contributed by atoms with E-state index in [2.05, 4.69) is 10.3 Å². The fourth-order valence-corrected chi connectivity index (χ4v) is 1.99. The van der Waals surface area contributed by atoms with E-state index in [0.717, 1.165) is 11.1 Å². The molecule has 0 saturated heterocycles. The number of carbonyl (C=O) groups excluding carboxylic acids is 1. The minimum Gasteiger partial charge on any atom is -0.478 e. The van der Waals surface area contributed by atoms with E-state index >= 15 is 0 Å². The number of amides is 1. The van der Waals surface area contributed by atoms with E-state index in [1.807, 2.05) is 31.2 Å². The van der Waals surface area contributed by atoms with Crippen LogP contribution in [0.4, 0.5) is 5.69 Å². The summed E-state index contributed by atoms with van der Waals surface area (Å²) in [6, 6.07) is 11.2. The van der Waals surface area contributed by atoms with Crippen molar-refractivity contribution >= 4 is 11.6 Å². The van der Waals surface area contributed by atoms with Gasteiger partial charge in [-0.1, -0.05) is 24.3 Å². The molecule has 5 nitrogen and oxygen atoms in total. The molecule has 21 heavy (non-hydrogen) atoms. The van der Waals surface area contributed by atoms with Crippen LogP contribution in [0.1, 0.15) is 18.1 Å². The second kappa shape index (κ2) is 7.40. The van der Waals surface area contributed by atoms with Crippen molar-refractivity contribution in [1.82, 2.24) is 4.98 Å². The van der Waals surface area contributed by atoms with Crippen LogP contribution in [0.15, 0.2) is 42.6 Å². The Hall–Kier alpha value is -2.40. The van der Waals surface area contributed by atoms with Gasteiger partial charge in [0.15, 0.2) is 0 Å². The molecular formula is C16H19N3O2. The highest BCUT2D eigenvalue weighted by atomic mass is 16.5. The highest BCUT2D eigenvalue weighted by Gasteiger charge is 2.07. The van der Waals surface area contributed by atoms with E-state index in [9.17, 15) is 4.79 Å². The van der Waals surface area contributed by atoms with Crippen molar-refractivity contribution in [1.29, 1.82) is 0 Å². The summed E-state index contributed by atoms with van der Waals surface area (Å²) in [7, 11) is 0. The molecule has 3 N–H and O–H groups in total. The number of anilines is 1. The Kier molecular flexibility index (Phi) is 5.29. The third-order valence-corrected chi connectivity index (χ3v) is 3.00. The van der Waals surface area contributed by atoms with Gasteiger partial charge in [0.2, 0.25) is 11.8 Å². The number of rotatable bonds is 6. The summed E-state index contributed by atoms with van der Waals surface area (Å²) < 4.78 is 5.25. The first kappa shape index (κ1) is 15.0. The van der Waals surface area contributed by atoms with Gasteiger partial charge < -0.3 is 15.8 Å². The topological polar surface area (TPSA) is 77.2 Å². The SMILES string of the molecule is CCOc1ccc(NC(=O)Cc2ccccc2CN)cn1. The minimum atomic E-state index is -0.0955. The van der Waals surface area contributed by atoms with Gasteiger partial charge in [-0.3, -0.25) is 4.79 Å². The predicted octanol–water partition coefficient (Wildman–Crippen LogP) is 2.12. The van der Waals surface area contributed by atoms with Crippen LogP contribution in [0, 0.1) is 0 Å². The third-order valence-electron chi connectivity index (χ3n) is 3.00. The molecule has 1 amide bonds. The highest BCUT2D eigenvalue weighted by Crippen LogP contribution is 2.13. The Balaban J connectivity index is 1.98. The summed E-state index contributed by atoms with van der Waals surface area (Å²) in [5.41, 5.74) is 8.24. The van der Waals surface area contributed by atoms with Crippen LogP contribution in [0.3, 0.4) is 0 Å². The third kappa shape index (κ3) is 4.29. The van der Waals surface area contributed by atoms with Gasteiger partial charge in [0, 0.05) is 12.6 Å². The van der Waals surface area contributed by atoms with Gasteiger partial charge in [0.25, 0.3) is 0 Å². The predicted molar refractivity (Wildman–Crippen MR) is 82.1 cm³/mol. The maximum atomic E-state index is 12.0. The Morgan fingerprint density at radius 1 is 1.24 bits per heavy atom. The molecule has 0 aliphatic heterocycles. The lowest BCUT2D eigenvalue weighted by Crippen LogP contribution is -2.16. The van der Waals surface area contributed by atoms with Crippen LogP contribution in [0.25, 0.3) is 0 Å². The Morgan fingerprint density at radius 3 is 2.62 bits per heavy atom. The van der Waals surface area contributed by atoms with Crippen molar-refractivity contribution in [2.45, 2.75) is 19.9 Å². The second-order valence-corrected chi connectivity index (χ2v) is 4.52. The van der Waals surface area contributed by atoms with E-state index in [1.54, 1.807) is 18.3 Å². The van der Waals surface area contributed by atoms with Crippen LogP contribution in [0.5, 0.6) is 5.88 Å². The van der Waals surface area contributed by atoms with Crippen LogP contribution in [-0.2, 0) is 17.8 Å². The van der Waals surface area contributed by atoms with E-state index in [0.29, 0.717) is 31.1 Å². The zero-order valence-corrected chi connectivity index (χ0v) is 12.0. The van der Waals surface area contributed by atoms with Gasteiger partial charge in [-0.15, -0.1) is 0 Å². The van der Waals surface area contributed by atoms with Crippen LogP contribution in [-0.4, -0.2) is 17.5 Å². The molecule has 0 aliphatic carbocycles. The van der Waals surface area contributed by atoms with Crippen molar-refractivity contribution in [3.8, 4) is 5.88 Å². The first-order chi connectivity index (χ1) is 10.2. The zero-order valence-electron chi connectivity index (χ0n) is 12.0. The molecule has 1 aromatic heterocycles. The molecule has 110 valence electrons. The number of nitrogens with one attached hydrogen (secondary N) is 1. The molecule has 2 rings (SSSR count). The minimum absolute atomic E-state index is 0.0955. The molecule has 0 radical (unpaired) electrons. The number of hydrogen-bond acceptors (Lipinski definition) is 4. The molecule has 2 aromatic rings. The van der Waals surface area contributed by atoms with Crippen LogP contribution in [0.2, 0.25) is 0 Å². The largest absolute Gasteiger partial charge is 0.478 e. The summed E-state index contributed by atoms with van der Waals surface area (Å²) >= 11 is 0. The molecule has 1 aromatic carbocycles. The number of pyridine rings is 1. The van der Waals surface area contributed by atoms with Crippen molar-refractivity contribution in [3.05, 3.63) is 53.7 Å². The molecule has 0 spiro atoms. The summed E-state index contributed by atoms with van der Waals surface area (Å²) in [4.78, 5) is 16.2. The lowest BCUT2D eigenvalue weighted by Gasteiger charge is -2.09. The number of nitrogens with two attached hydrogens (primary N) is 1. The molecule has 0 unspecified atom stereocenters. The van der Waals surface area contributed by atoms with Gasteiger partial charge >= 0.3 is 0 Å². The van der Waals surface area contributed by atoms with Crippen LogP contribution < -0.4 is 15.8 Å². The average Bonchev–Trinajstić information content (AvgIpc) is 2.50. The first-order valence-corrected chi connectivity index (χ1v) is 6.88. The number of carbonyl (C=O) groups is 1. The smallest absolute Gasteiger partial charge is 0.228 e. The summed E-state index contributed by atoms with van der Waals surface area (Å²) in [5.74, 6) is 0.450. The number of benzene rings is 1. The van der Waals surface area contributed by atoms with E-state index < -0.39 is 0 Å². The van der Waals surface area contributed by atoms with E-state index in [1.165, 1.54) is 0 Å². The highest BCUT2D eigenvalue weighted by molar-refractivity contribution is 5.92. The van der Waals surface area contributed by atoms with Gasteiger partial charge in [0.1, 0.15) is 0 Å². The molecular weight excluding hydrogens is 266 g/mol. The molecule has 0 bridgehead atoms. The lowest BCUT2D eigenvalue weighted by atomic mass is 10.0. The molecule has 0 fully saturated rings. The molecule has 0 aliphatic rings.